The molecular formula is C41H38N4OPt-2. The fraction of sp³-hybridized carbons (Fsp3) is 0.268. The molecule has 5 nitrogen and oxygen atoms in total. The van der Waals surface area contributed by atoms with Gasteiger partial charge in [-0.15, -0.1) is 0 Å². The topological polar surface area (TPSA) is 36.9 Å². The zero-order valence-corrected chi connectivity index (χ0v) is 30.4. The number of hydrogen-bond acceptors (Lipinski definition) is 2. The molecule has 0 saturated heterocycles. The molecule has 0 radical (unpaired) electrons. The normalized spacial score (nSPS) is 16.3. The summed E-state index contributed by atoms with van der Waals surface area (Å²) in [6.07, 6.45) is 1.90. The number of benzene rings is 4. The number of pyridine rings is 1. The van der Waals surface area contributed by atoms with E-state index in [-0.39, 0.29) is 16.2 Å². The van der Waals surface area contributed by atoms with Crippen LogP contribution in [-0.2, 0) is 37.2 Å². The van der Waals surface area contributed by atoms with Crippen LogP contribution < -0.4 is 4.74 Å². The first-order chi connectivity index (χ1) is 22.3. The van der Waals surface area contributed by atoms with Crippen LogP contribution in [0.25, 0.3) is 44.3 Å². The van der Waals surface area contributed by atoms with Gasteiger partial charge in [-0.25, -0.2) is 0 Å². The molecule has 7 aromatic rings. The zero-order chi connectivity index (χ0) is 33.0. The summed E-state index contributed by atoms with van der Waals surface area (Å²) in [5.41, 5.74) is 9.25. The summed E-state index contributed by atoms with van der Waals surface area (Å²) in [5.74, 6) is 2.16. The monoisotopic (exact) mass is 797 g/mol. The van der Waals surface area contributed by atoms with Crippen LogP contribution in [0.1, 0.15) is 58.2 Å². The Morgan fingerprint density at radius 1 is 0.745 bits per heavy atom. The molecule has 4 aromatic carbocycles. The van der Waals surface area contributed by atoms with Gasteiger partial charge in [0.05, 0.1) is 0 Å². The molecule has 0 fully saturated rings. The average molecular weight is 798 g/mol. The summed E-state index contributed by atoms with van der Waals surface area (Å²) >= 11 is 2.37. The second-order valence-electron chi connectivity index (χ2n) is 14.5. The van der Waals surface area contributed by atoms with Crippen LogP contribution in [0.5, 0.6) is 11.5 Å². The van der Waals surface area contributed by atoms with Gasteiger partial charge in [0, 0.05) is 6.20 Å². The first-order valence-electron chi connectivity index (χ1n) is 16.1. The van der Waals surface area contributed by atoms with E-state index in [0.29, 0.717) is 11.5 Å². The Morgan fingerprint density at radius 2 is 1.47 bits per heavy atom. The predicted octanol–water partition coefficient (Wildman–Crippen LogP) is 9.84. The van der Waals surface area contributed by atoms with Crippen LogP contribution in [0.15, 0.2) is 85.1 Å². The third kappa shape index (κ3) is 4.12. The van der Waals surface area contributed by atoms with E-state index in [2.05, 4.69) is 155 Å². The van der Waals surface area contributed by atoms with Crippen molar-refractivity contribution in [3.8, 4) is 23.0 Å². The van der Waals surface area contributed by atoms with Crippen molar-refractivity contribution in [3.63, 3.8) is 0 Å². The molecule has 0 spiro atoms. The van der Waals surface area contributed by atoms with Crippen molar-refractivity contribution < 1.29 is 24.1 Å². The molecule has 0 unspecified atom stereocenters. The second kappa shape index (κ2) is 10.1. The summed E-state index contributed by atoms with van der Waals surface area (Å²) in [7, 11) is 2.09. The van der Waals surface area contributed by atoms with E-state index in [1.54, 1.807) is 0 Å². The molecule has 240 valence electrons. The van der Waals surface area contributed by atoms with E-state index < -0.39 is 0 Å². The number of para-hydroxylation sites is 2. The first-order valence-corrected chi connectivity index (χ1v) is 17.3. The maximum absolute atomic E-state index is 6.55. The minimum Gasteiger partial charge on any atom is -0.0582 e. The van der Waals surface area contributed by atoms with Crippen molar-refractivity contribution in [1.82, 2.24) is 18.7 Å². The Morgan fingerprint density at radius 3 is 2.23 bits per heavy atom. The van der Waals surface area contributed by atoms with E-state index in [1.165, 1.54) is 22.0 Å². The Balaban J connectivity index is 1.33. The van der Waals surface area contributed by atoms with Gasteiger partial charge in [0.1, 0.15) is 0 Å². The summed E-state index contributed by atoms with van der Waals surface area (Å²) in [6.45, 7) is 16.5. The van der Waals surface area contributed by atoms with E-state index in [0.717, 1.165) is 42.8 Å². The van der Waals surface area contributed by atoms with Gasteiger partial charge in [-0.1, -0.05) is 47.6 Å². The SMILES string of the molecule is Cc1ccnc(-n2c3[c-]c(Oc4[c-]c(-n5[c](=[Pt])n(C)c6ccccc65)ccc4)ccc3c3ccc4c(c32)C(C)(C)C(C)(C)C4(C)C)c1. The van der Waals surface area contributed by atoms with Crippen LogP contribution in [0, 0.1) is 28.3 Å². The number of fused-ring (bicyclic) bond motifs is 6. The van der Waals surface area contributed by atoms with Crippen LogP contribution in [0.2, 0.25) is 0 Å². The molecule has 0 aliphatic heterocycles. The number of ether oxygens (including phenoxy) is 1. The number of nitrogens with zero attached hydrogens (tertiary/aromatic N) is 4. The van der Waals surface area contributed by atoms with Gasteiger partial charge in [0.2, 0.25) is 0 Å². The molecule has 47 heavy (non-hydrogen) atoms. The van der Waals surface area contributed by atoms with Gasteiger partial charge in [0.15, 0.2) is 0 Å². The number of hydrogen-bond donors (Lipinski definition) is 0. The van der Waals surface area contributed by atoms with Gasteiger partial charge < -0.3 is 0 Å². The predicted molar refractivity (Wildman–Crippen MR) is 186 cm³/mol. The summed E-state index contributed by atoms with van der Waals surface area (Å²) in [6, 6.07) is 34.8. The minimum atomic E-state index is -0.0904. The van der Waals surface area contributed by atoms with Crippen molar-refractivity contribution in [3.05, 3.63) is 118 Å². The fourth-order valence-corrected chi connectivity index (χ4v) is 8.58. The molecule has 0 N–H and O–H groups in total. The molecule has 3 heterocycles. The summed E-state index contributed by atoms with van der Waals surface area (Å²) in [5, 5.41) is 2.34. The van der Waals surface area contributed by atoms with Crippen molar-refractivity contribution >= 4 is 32.8 Å². The molecule has 1 aliphatic carbocycles. The molecule has 0 bridgehead atoms. The van der Waals surface area contributed by atoms with Gasteiger partial charge >= 0.3 is 194 Å². The van der Waals surface area contributed by atoms with E-state index in [4.69, 9.17) is 9.72 Å². The Bertz CT molecular complexity index is 2470. The molecule has 6 heteroatoms. The molecule has 3 aromatic heterocycles. The third-order valence-corrected chi connectivity index (χ3v) is 12.8. The Labute approximate surface area is 286 Å². The number of rotatable bonds is 4. The summed E-state index contributed by atoms with van der Waals surface area (Å²) < 4.78 is 14.4. The molecule has 0 atom stereocenters. The van der Waals surface area contributed by atoms with Crippen LogP contribution >= 0.6 is 0 Å². The molecule has 8 rings (SSSR count). The minimum absolute atomic E-state index is 0.0138. The van der Waals surface area contributed by atoms with Gasteiger partial charge in [0.25, 0.3) is 0 Å². The van der Waals surface area contributed by atoms with Gasteiger partial charge in [-0.2, -0.15) is 0 Å². The van der Waals surface area contributed by atoms with Gasteiger partial charge in [-0.05, 0) is 40.4 Å². The van der Waals surface area contributed by atoms with Crippen molar-refractivity contribution in [2.75, 3.05) is 0 Å². The number of aryl methyl sites for hydroxylation is 2. The van der Waals surface area contributed by atoms with Crippen LogP contribution in [-0.4, -0.2) is 18.7 Å². The first kappa shape index (κ1) is 30.1. The fourth-order valence-electron chi connectivity index (χ4n) is 7.76. The Hall–Kier alpha value is -4.21. The summed E-state index contributed by atoms with van der Waals surface area (Å²) in [4.78, 5) is 4.91. The van der Waals surface area contributed by atoms with E-state index >= 15 is 0 Å². The molecular weight excluding hydrogens is 760 g/mol. The van der Waals surface area contributed by atoms with E-state index in [1.807, 2.05) is 30.5 Å². The smallest absolute Gasteiger partial charge is 0.0582 e. The van der Waals surface area contributed by atoms with Crippen molar-refractivity contribution in [2.45, 2.75) is 59.3 Å². The standard InChI is InChI=1S/C41H38N4O.Pt/c1-26-20-21-42-36(22-26)45-35-24-29(46-28-13-11-12-27(23-28)44-25-43(8)33-14-9-10-15-34(33)44)16-17-30(35)31-18-19-32-37(38(31)45)40(4,5)41(6,7)39(32,2)3;/h9-22H,1-8H3;/q-2;. The molecule has 0 amide bonds. The zero-order valence-electron chi connectivity index (χ0n) is 28.1. The third-order valence-electron chi connectivity index (χ3n) is 11.5. The number of aromatic nitrogens is 4. The maximum atomic E-state index is 6.55. The number of imidazole rings is 1. The van der Waals surface area contributed by atoms with Crippen molar-refractivity contribution in [1.29, 1.82) is 0 Å². The quantitative estimate of drug-likeness (QED) is 0.167. The molecule has 0 saturated carbocycles. The van der Waals surface area contributed by atoms with Crippen LogP contribution in [0.3, 0.4) is 0 Å². The van der Waals surface area contributed by atoms with Gasteiger partial charge in [-0.3, -0.25) is 0 Å². The Kier molecular flexibility index (Phi) is 6.51. The average Bonchev–Trinajstić information content (AvgIpc) is 3.54. The second-order valence-corrected chi connectivity index (χ2v) is 15.5. The van der Waals surface area contributed by atoms with Crippen LogP contribution in [0.4, 0.5) is 0 Å². The van der Waals surface area contributed by atoms with Crippen molar-refractivity contribution in [2.24, 2.45) is 12.5 Å². The molecule has 1 aliphatic rings. The van der Waals surface area contributed by atoms with E-state index in [9.17, 15) is 0 Å².